The highest BCUT2D eigenvalue weighted by Gasteiger charge is 2.50. The first-order valence-electron chi connectivity index (χ1n) is 8.57. The monoisotopic (exact) mass is 355 g/mol. The van der Waals surface area contributed by atoms with Crippen molar-refractivity contribution in [2.75, 3.05) is 24.5 Å². The number of nitrogens with zero attached hydrogens (tertiary/aromatic N) is 5. The summed E-state index contributed by atoms with van der Waals surface area (Å²) in [4.78, 5) is 40.6. The van der Waals surface area contributed by atoms with Gasteiger partial charge in [0.15, 0.2) is 0 Å². The Morgan fingerprint density at radius 3 is 2.77 bits per heavy atom. The molecule has 0 aliphatic carbocycles. The third-order valence-electron chi connectivity index (χ3n) is 5.21. The zero-order chi connectivity index (χ0) is 18.1. The third kappa shape index (κ3) is 2.81. The number of hydrogen-bond donors (Lipinski definition) is 0. The number of likely N-dealkylation sites (tertiary alicyclic amines) is 1. The predicted octanol–water partition coefficient (Wildman–Crippen LogP) is 1.67. The molecule has 2 aromatic rings. The SMILES string of the molecule is O=C(c1ccnc(F)c1)N1CCCC2(CCN(c3cncnc3)C2=O)C1. The molecule has 2 fully saturated rings. The van der Waals surface area contributed by atoms with Crippen LogP contribution in [-0.2, 0) is 4.79 Å². The zero-order valence-corrected chi connectivity index (χ0v) is 14.1. The molecule has 0 aromatic carbocycles. The number of carbonyl (C=O) groups is 2. The molecule has 1 atom stereocenters. The van der Waals surface area contributed by atoms with Crippen molar-refractivity contribution in [3.63, 3.8) is 0 Å². The van der Waals surface area contributed by atoms with Crippen LogP contribution >= 0.6 is 0 Å². The first-order valence-corrected chi connectivity index (χ1v) is 8.57. The van der Waals surface area contributed by atoms with Crippen LogP contribution in [0.25, 0.3) is 0 Å². The molecule has 1 spiro atoms. The van der Waals surface area contributed by atoms with Crippen molar-refractivity contribution in [3.8, 4) is 0 Å². The second kappa shape index (κ2) is 6.44. The van der Waals surface area contributed by atoms with Crippen molar-refractivity contribution in [1.82, 2.24) is 19.9 Å². The van der Waals surface area contributed by atoms with Crippen LogP contribution in [0.4, 0.5) is 10.1 Å². The van der Waals surface area contributed by atoms with Crippen molar-refractivity contribution in [2.45, 2.75) is 19.3 Å². The molecule has 2 aliphatic heterocycles. The number of amides is 2. The number of aromatic nitrogens is 3. The van der Waals surface area contributed by atoms with E-state index in [1.807, 2.05) is 0 Å². The first kappa shape index (κ1) is 16.6. The van der Waals surface area contributed by atoms with Gasteiger partial charge in [-0.2, -0.15) is 4.39 Å². The molecule has 4 heterocycles. The second-order valence-electron chi connectivity index (χ2n) is 6.78. The minimum Gasteiger partial charge on any atom is -0.338 e. The minimum atomic E-state index is -0.685. The summed E-state index contributed by atoms with van der Waals surface area (Å²) in [6, 6.07) is 2.63. The lowest BCUT2D eigenvalue weighted by molar-refractivity contribution is -0.127. The van der Waals surface area contributed by atoms with Gasteiger partial charge in [0, 0.05) is 37.5 Å². The molecule has 2 amide bonds. The maximum Gasteiger partial charge on any atom is 0.254 e. The van der Waals surface area contributed by atoms with Crippen molar-refractivity contribution in [3.05, 3.63) is 48.6 Å². The van der Waals surface area contributed by atoms with Crippen LogP contribution < -0.4 is 4.90 Å². The number of hydrogen-bond acceptors (Lipinski definition) is 5. The summed E-state index contributed by atoms with van der Waals surface area (Å²) in [7, 11) is 0. The highest BCUT2D eigenvalue weighted by molar-refractivity contribution is 6.01. The minimum absolute atomic E-state index is 0.00529. The Balaban J connectivity index is 1.55. The molecule has 4 rings (SSSR count). The Hall–Kier alpha value is -2.90. The van der Waals surface area contributed by atoms with E-state index >= 15 is 0 Å². The standard InChI is InChI=1S/C18H18FN5O2/c19-15-8-13(2-5-22-15)16(25)23-6-1-3-18(11-23)4-7-24(17(18)26)14-9-20-12-21-10-14/h2,5,8-10,12H,1,3-4,6-7,11H2. The molecular formula is C18H18FN5O2. The molecule has 134 valence electrons. The van der Waals surface area contributed by atoms with Crippen LogP contribution in [0.2, 0.25) is 0 Å². The van der Waals surface area contributed by atoms with Crippen LogP contribution in [0.5, 0.6) is 0 Å². The average Bonchev–Trinajstić information content (AvgIpc) is 2.98. The van der Waals surface area contributed by atoms with Gasteiger partial charge in [0.2, 0.25) is 11.9 Å². The molecule has 0 bridgehead atoms. The van der Waals surface area contributed by atoms with E-state index in [0.29, 0.717) is 31.7 Å². The Morgan fingerprint density at radius 2 is 2.00 bits per heavy atom. The predicted molar refractivity (Wildman–Crippen MR) is 90.8 cm³/mol. The third-order valence-corrected chi connectivity index (χ3v) is 5.21. The summed E-state index contributed by atoms with van der Waals surface area (Å²) in [6.07, 6.45) is 8.10. The molecule has 26 heavy (non-hydrogen) atoms. The Bertz CT molecular complexity index is 846. The van der Waals surface area contributed by atoms with E-state index in [1.54, 1.807) is 22.2 Å². The second-order valence-corrected chi connectivity index (χ2v) is 6.78. The highest BCUT2D eigenvalue weighted by Crippen LogP contribution is 2.41. The largest absolute Gasteiger partial charge is 0.338 e. The Morgan fingerprint density at radius 1 is 1.19 bits per heavy atom. The van der Waals surface area contributed by atoms with Crippen LogP contribution in [0.3, 0.4) is 0 Å². The van der Waals surface area contributed by atoms with Gasteiger partial charge in [0.1, 0.15) is 6.33 Å². The molecule has 7 nitrogen and oxygen atoms in total. The van der Waals surface area contributed by atoms with Crippen LogP contribution in [-0.4, -0.2) is 51.3 Å². The quantitative estimate of drug-likeness (QED) is 0.766. The summed E-state index contributed by atoms with van der Waals surface area (Å²) in [6.45, 7) is 1.49. The summed E-state index contributed by atoms with van der Waals surface area (Å²) >= 11 is 0. The normalized spacial score (nSPS) is 22.9. The van der Waals surface area contributed by atoms with Gasteiger partial charge in [-0.15, -0.1) is 0 Å². The molecule has 0 N–H and O–H groups in total. The van der Waals surface area contributed by atoms with E-state index in [1.165, 1.54) is 18.6 Å². The fourth-order valence-corrected chi connectivity index (χ4v) is 3.90. The first-order chi connectivity index (χ1) is 12.6. The highest BCUT2D eigenvalue weighted by atomic mass is 19.1. The number of rotatable bonds is 2. The summed E-state index contributed by atoms with van der Waals surface area (Å²) < 4.78 is 13.3. The number of anilines is 1. The fraction of sp³-hybridized carbons (Fsp3) is 0.389. The van der Waals surface area contributed by atoms with E-state index in [-0.39, 0.29) is 17.4 Å². The van der Waals surface area contributed by atoms with Gasteiger partial charge in [-0.1, -0.05) is 0 Å². The smallest absolute Gasteiger partial charge is 0.254 e. The number of halogens is 1. The maximum atomic E-state index is 13.3. The van der Waals surface area contributed by atoms with E-state index in [0.717, 1.165) is 18.9 Å². The van der Waals surface area contributed by atoms with E-state index in [2.05, 4.69) is 15.0 Å². The van der Waals surface area contributed by atoms with Gasteiger partial charge < -0.3 is 9.80 Å². The lowest BCUT2D eigenvalue weighted by Crippen LogP contribution is -2.50. The molecular weight excluding hydrogens is 337 g/mol. The zero-order valence-electron chi connectivity index (χ0n) is 14.1. The fourth-order valence-electron chi connectivity index (χ4n) is 3.90. The molecule has 2 aliphatic rings. The summed E-state index contributed by atoms with van der Waals surface area (Å²) in [5, 5.41) is 0. The topological polar surface area (TPSA) is 79.3 Å². The van der Waals surface area contributed by atoms with Crippen molar-refractivity contribution < 1.29 is 14.0 Å². The number of carbonyl (C=O) groups excluding carboxylic acids is 2. The number of piperidine rings is 1. The maximum absolute atomic E-state index is 13.3. The van der Waals surface area contributed by atoms with Gasteiger partial charge >= 0.3 is 0 Å². The molecule has 0 saturated carbocycles. The van der Waals surface area contributed by atoms with Crippen molar-refractivity contribution >= 4 is 17.5 Å². The van der Waals surface area contributed by atoms with Gasteiger partial charge in [0.25, 0.3) is 5.91 Å². The lowest BCUT2D eigenvalue weighted by Gasteiger charge is -2.39. The van der Waals surface area contributed by atoms with Gasteiger partial charge in [-0.3, -0.25) is 9.59 Å². The molecule has 0 radical (unpaired) electrons. The molecule has 2 aromatic heterocycles. The molecule has 8 heteroatoms. The summed E-state index contributed by atoms with van der Waals surface area (Å²) in [5.41, 5.74) is 0.345. The summed E-state index contributed by atoms with van der Waals surface area (Å²) in [5.74, 6) is -0.944. The van der Waals surface area contributed by atoms with E-state index in [4.69, 9.17) is 0 Å². The lowest BCUT2D eigenvalue weighted by atomic mass is 9.78. The molecule has 1 unspecified atom stereocenters. The average molecular weight is 355 g/mol. The van der Waals surface area contributed by atoms with E-state index < -0.39 is 11.4 Å². The van der Waals surface area contributed by atoms with Crippen LogP contribution in [0, 0.1) is 11.4 Å². The van der Waals surface area contributed by atoms with Crippen LogP contribution in [0.1, 0.15) is 29.6 Å². The van der Waals surface area contributed by atoms with Gasteiger partial charge in [0.05, 0.1) is 23.5 Å². The molecule has 2 saturated heterocycles. The van der Waals surface area contributed by atoms with E-state index in [9.17, 15) is 14.0 Å². The van der Waals surface area contributed by atoms with Gasteiger partial charge in [-0.05, 0) is 25.3 Å². The Kier molecular flexibility index (Phi) is 4.10. The number of pyridine rings is 1. The van der Waals surface area contributed by atoms with Crippen molar-refractivity contribution in [2.24, 2.45) is 5.41 Å². The van der Waals surface area contributed by atoms with Crippen LogP contribution in [0.15, 0.2) is 37.1 Å². The van der Waals surface area contributed by atoms with Gasteiger partial charge in [-0.25, -0.2) is 15.0 Å². The Labute approximate surface area is 149 Å². The van der Waals surface area contributed by atoms with Crippen molar-refractivity contribution in [1.29, 1.82) is 0 Å².